The molecule has 0 unspecified atom stereocenters. The SMILES string of the molecule is CC(C)C1(O)CN(Cc2cnc(Cl)cc2Cl)C1. The van der Waals surface area contributed by atoms with Crippen molar-refractivity contribution in [2.75, 3.05) is 13.1 Å². The van der Waals surface area contributed by atoms with Crippen molar-refractivity contribution >= 4 is 23.2 Å². The molecule has 0 atom stereocenters. The summed E-state index contributed by atoms with van der Waals surface area (Å²) in [5.74, 6) is 0.276. The lowest BCUT2D eigenvalue weighted by atomic mass is 9.83. The average molecular weight is 275 g/mol. The molecule has 1 aliphatic rings. The van der Waals surface area contributed by atoms with Crippen LogP contribution in [-0.2, 0) is 6.54 Å². The van der Waals surface area contributed by atoms with Crippen molar-refractivity contribution < 1.29 is 5.11 Å². The van der Waals surface area contributed by atoms with Crippen molar-refractivity contribution in [3.8, 4) is 0 Å². The molecule has 3 nitrogen and oxygen atoms in total. The summed E-state index contributed by atoms with van der Waals surface area (Å²) in [7, 11) is 0. The van der Waals surface area contributed by atoms with Gasteiger partial charge in [-0.15, -0.1) is 0 Å². The van der Waals surface area contributed by atoms with Crippen LogP contribution in [0.5, 0.6) is 0 Å². The Morgan fingerprint density at radius 3 is 2.65 bits per heavy atom. The van der Waals surface area contributed by atoms with E-state index in [1.807, 2.05) is 13.8 Å². The van der Waals surface area contributed by atoms with E-state index in [9.17, 15) is 5.11 Å². The quantitative estimate of drug-likeness (QED) is 0.861. The van der Waals surface area contributed by atoms with E-state index in [-0.39, 0.29) is 5.92 Å². The van der Waals surface area contributed by atoms with Crippen LogP contribution in [0.3, 0.4) is 0 Å². The van der Waals surface area contributed by atoms with E-state index in [0.717, 1.165) is 5.56 Å². The van der Waals surface area contributed by atoms with Crippen molar-refractivity contribution in [2.24, 2.45) is 5.92 Å². The molecule has 5 heteroatoms. The molecular weight excluding hydrogens is 259 g/mol. The van der Waals surface area contributed by atoms with Gasteiger partial charge in [-0.05, 0) is 12.0 Å². The zero-order chi connectivity index (χ0) is 12.6. The molecule has 1 N–H and O–H groups in total. The second kappa shape index (κ2) is 4.73. The molecule has 94 valence electrons. The molecule has 0 spiro atoms. The van der Waals surface area contributed by atoms with Gasteiger partial charge in [0.25, 0.3) is 0 Å². The highest BCUT2D eigenvalue weighted by Crippen LogP contribution is 2.31. The molecule has 2 heterocycles. The Morgan fingerprint density at radius 1 is 1.47 bits per heavy atom. The van der Waals surface area contributed by atoms with Crippen molar-refractivity contribution in [3.63, 3.8) is 0 Å². The van der Waals surface area contributed by atoms with Crippen LogP contribution in [0.1, 0.15) is 19.4 Å². The average Bonchev–Trinajstić information content (AvgIpc) is 2.19. The summed E-state index contributed by atoms with van der Waals surface area (Å²) < 4.78 is 0. The van der Waals surface area contributed by atoms with Crippen LogP contribution in [0, 0.1) is 5.92 Å². The molecule has 17 heavy (non-hydrogen) atoms. The molecule has 0 amide bonds. The lowest BCUT2D eigenvalue weighted by Gasteiger charge is -2.49. The number of hydrogen-bond acceptors (Lipinski definition) is 3. The highest BCUT2D eigenvalue weighted by Gasteiger charge is 2.43. The second-order valence-corrected chi connectivity index (χ2v) is 5.80. The van der Waals surface area contributed by atoms with Gasteiger partial charge >= 0.3 is 0 Å². The van der Waals surface area contributed by atoms with Gasteiger partial charge in [0, 0.05) is 36.4 Å². The summed E-state index contributed by atoms with van der Waals surface area (Å²) in [6.07, 6.45) is 1.69. The summed E-state index contributed by atoms with van der Waals surface area (Å²) in [5.41, 5.74) is 0.397. The Labute approximate surface area is 111 Å². The van der Waals surface area contributed by atoms with E-state index in [4.69, 9.17) is 23.2 Å². The highest BCUT2D eigenvalue weighted by molar-refractivity contribution is 6.34. The van der Waals surface area contributed by atoms with E-state index in [0.29, 0.717) is 29.8 Å². The monoisotopic (exact) mass is 274 g/mol. The molecule has 1 aromatic rings. The van der Waals surface area contributed by atoms with Crippen LogP contribution in [0.2, 0.25) is 10.2 Å². The fourth-order valence-electron chi connectivity index (χ4n) is 2.00. The van der Waals surface area contributed by atoms with Gasteiger partial charge in [-0.1, -0.05) is 37.0 Å². The maximum absolute atomic E-state index is 10.1. The maximum atomic E-state index is 10.1. The van der Waals surface area contributed by atoms with Crippen LogP contribution >= 0.6 is 23.2 Å². The van der Waals surface area contributed by atoms with Gasteiger partial charge in [0.05, 0.1) is 5.60 Å². The van der Waals surface area contributed by atoms with Gasteiger partial charge in [0.15, 0.2) is 0 Å². The molecule has 0 radical (unpaired) electrons. The third kappa shape index (κ3) is 2.74. The number of pyridine rings is 1. The molecule has 1 aromatic heterocycles. The first kappa shape index (κ1) is 13.1. The van der Waals surface area contributed by atoms with Crippen LogP contribution in [0.15, 0.2) is 12.3 Å². The first-order chi connectivity index (χ1) is 7.90. The van der Waals surface area contributed by atoms with Gasteiger partial charge in [-0.25, -0.2) is 4.98 Å². The van der Waals surface area contributed by atoms with Crippen LogP contribution in [0.4, 0.5) is 0 Å². The van der Waals surface area contributed by atoms with Crippen molar-refractivity contribution in [1.82, 2.24) is 9.88 Å². The second-order valence-electron chi connectivity index (χ2n) is 5.00. The molecular formula is C12H16Cl2N2O. The summed E-state index contributed by atoms with van der Waals surface area (Å²) in [6.45, 7) is 6.15. The van der Waals surface area contributed by atoms with Crippen molar-refractivity contribution in [3.05, 3.63) is 28.0 Å². The van der Waals surface area contributed by atoms with Crippen LogP contribution < -0.4 is 0 Å². The van der Waals surface area contributed by atoms with Gasteiger partial charge < -0.3 is 5.11 Å². The number of rotatable bonds is 3. The Morgan fingerprint density at radius 2 is 2.12 bits per heavy atom. The summed E-state index contributed by atoms with van der Waals surface area (Å²) in [6, 6.07) is 1.65. The van der Waals surface area contributed by atoms with Crippen LogP contribution in [-0.4, -0.2) is 33.7 Å². The maximum Gasteiger partial charge on any atom is 0.130 e. The topological polar surface area (TPSA) is 36.4 Å². The van der Waals surface area contributed by atoms with Crippen molar-refractivity contribution in [1.29, 1.82) is 0 Å². The predicted molar refractivity (Wildman–Crippen MR) is 69.3 cm³/mol. The number of nitrogens with zero attached hydrogens (tertiary/aromatic N) is 2. The molecule has 1 aliphatic heterocycles. The molecule has 0 saturated carbocycles. The fraction of sp³-hybridized carbons (Fsp3) is 0.583. The molecule has 1 saturated heterocycles. The molecule has 2 rings (SSSR count). The Balaban J connectivity index is 1.96. The molecule has 0 bridgehead atoms. The number of likely N-dealkylation sites (tertiary alicyclic amines) is 1. The first-order valence-electron chi connectivity index (χ1n) is 5.65. The number of β-amino-alcohol motifs (C(OH)–C–C–N with tert-alkyl or cyclic N) is 1. The normalized spacial score (nSPS) is 19.4. The number of aromatic nitrogens is 1. The standard InChI is InChI=1S/C12H16Cl2N2O/c1-8(2)12(17)6-16(7-12)5-9-4-15-11(14)3-10(9)13/h3-4,8,17H,5-7H2,1-2H3. The van der Waals surface area contributed by atoms with E-state index >= 15 is 0 Å². The Kier molecular flexibility index (Phi) is 3.64. The summed E-state index contributed by atoms with van der Waals surface area (Å²) in [4.78, 5) is 6.16. The van der Waals surface area contributed by atoms with E-state index in [2.05, 4.69) is 9.88 Å². The largest absolute Gasteiger partial charge is 0.387 e. The van der Waals surface area contributed by atoms with E-state index in [1.165, 1.54) is 0 Å². The third-order valence-electron chi connectivity index (χ3n) is 3.36. The minimum absolute atomic E-state index is 0.276. The minimum Gasteiger partial charge on any atom is -0.387 e. The fourth-order valence-corrected chi connectivity index (χ4v) is 2.42. The smallest absolute Gasteiger partial charge is 0.130 e. The van der Waals surface area contributed by atoms with Gasteiger partial charge in [-0.3, -0.25) is 4.90 Å². The lowest BCUT2D eigenvalue weighted by Crippen LogP contribution is -2.63. The number of hydrogen-bond donors (Lipinski definition) is 1. The zero-order valence-electron chi connectivity index (χ0n) is 9.95. The number of halogens is 2. The number of aliphatic hydroxyl groups is 1. The summed E-state index contributed by atoms with van der Waals surface area (Å²) in [5, 5.41) is 11.2. The minimum atomic E-state index is -0.549. The Hall–Kier alpha value is -0.350. The van der Waals surface area contributed by atoms with Crippen LogP contribution in [0.25, 0.3) is 0 Å². The van der Waals surface area contributed by atoms with Gasteiger partial charge in [0.2, 0.25) is 0 Å². The highest BCUT2D eigenvalue weighted by atomic mass is 35.5. The van der Waals surface area contributed by atoms with Crippen molar-refractivity contribution in [2.45, 2.75) is 26.0 Å². The molecule has 0 aromatic carbocycles. The predicted octanol–water partition coefficient (Wildman–Crippen LogP) is 2.59. The summed E-state index contributed by atoms with van der Waals surface area (Å²) >= 11 is 11.8. The Bertz CT molecular complexity index is 417. The van der Waals surface area contributed by atoms with Gasteiger partial charge in [0.1, 0.15) is 5.15 Å². The lowest BCUT2D eigenvalue weighted by molar-refractivity contribution is -0.130. The molecule has 1 fully saturated rings. The third-order valence-corrected chi connectivity index (χ3v) is 3.92. The van der Waals surface area contributed by atoms with Gasteiger partial charge in [-0.2, -0.15) is 0 Å². The zero-order valence-corrected chi connectivity index (χ0v) is 11.5. The molecule has 0 aliphatic carbocycles. The van der Waals surface area contributed by atoms with E-state index in [1.54, 1.807) is 12.3 Å². The van der Waals surface area contributed by atoms with E-state index < -0.39 is 5.60 Å². The first-order valence-corrected chi connectivity index (χ1v) is 6.41.